The van der Waals surface area contributed by atoms with Gasteiger partial charge in [-0.15, -0.1) is 0 Å². The minimum atomic E-state index is -1.29. The van der Waals surface area contributed by atoms with Gasteiger partial charge in [-0.2, -0.15) is 0 Å². The Balaban J connectivity index is 0.00000264. The van der Waals surface area contributed by atoms with E-state index in [2.05, 4.69) is 0 Å². The standard InChI is InChI=1S/C16H18O6.Na/c1-3-4-10-5-6-12(21-8-9(2)17)14-11(18)7-13(16(19)20)22-15(10)14;/h5-7,9,17H,3-4,8H2,1-2H3,(H,19,20);/q;+1. The SMILES string of the molecule is CCCc1ccc(OCC(C)O)c2c(=O)cc(C(=O)O)oc12.[Na+]. The summed E-state index contributed by atoms with van der Waals surface area (Å²) in [5.41, 5.74) is 0.508. The number of hydrogen-bond acceptors (Lipinski definition) is 5. The maximum absolute atomic E-state index is 12.3. The molecule has 0 fully saturated rings. The van der Waals surface area contributed by atoms with Crippen LogP contribution in [-0.4, -0.2) is 28.9 Å². The number of rotatable bonds is 6. The molecule has 0 bridgehead atoms. The van der Waals surface area contributed by atoms with Gasteiger partial charge in [0.2, 0.25) is 5.76 Å². The Morgan fingerprint density at radius 2 is 2.09 bits per heavy atom. The Morgan fingerprint density at radius 1 is 1.39 bits per heavy atom. The molecule has 6 nitrogen and oxygen atoms in total. The number of aromatic carboxylic acids is 1. The van der Waals surface area contributed by atoms with Crippen molar-refractivity contribution in [3.8, 4) is 5.75 Å². The smallest absolute Gasteiger partial charge is 0.490 e. The summed E-state index contributed by atoms with van der Waals surface area (Å²) in [7, 11) is 0. The van der Waals surface area contributed by atoms with Crippen LogP contribution in [0.1, 0.15) is 36.4 Å². The van der Waals surface area contributed by atoms with E-state index in [0.29, 0.717) is 6.42 Å². The average molecular weight is 329 g/mol. The van der Waals surface area contributed by atoms with E-state index in [4.69, 9.17) is 14.3 Å². The van der Waals surface area contributed by atoms with E-state index in [-0.39, 0.29) is 52.9 Å². The third kappa shape index (κ3) is 4.57. The molecule has 1 atom stereocenters. The van der Waals surface area contributed by atoms with Gasteiger partial charge >= 0.3 is 35.5 Å². The monoisotopic (exact) mass is 329 g/mol. The number of carboxylic acid groups (broad SMARTS) is 1. The van der Waals surface area contributed by atoms with E-state index < -0.39 is 23.3 Å². The van der Waals surface area contributed by atoms with Crippen molar-refractivity contribution in [1.82, 2.24) is 0 Å². The molecule has 118 valence electrons. The van der Waals surface area contributed by atoms with Crippen LogP contribution in [0.5, 0.6) is 5.75 Å². The van der Waals surface area contributed by atoms with Crippen molar-refractivity contribution in [2.45, 2.75) is 32.8 Å². The van der Waals surface area contributed by atoms with E-state index >= 15 is 0 Å². The normalized spacial score (nSPS) is 11.8. The molecule has 0 saturated carbocycles. The number of hydrogen-bond donors (Lipinski definition) is 2. The van der Waals surface area contributed by atoms with Crippen LogP contribution in [0.3, 0.4) is 0 Å². The topological polar surface area (TPSA) is 97.0 Å². The summed E-state index contributed by atoms with van der Waals surface area (Å²) < 4.78 is 10.8. The van der Waals surface area contributed by atoms with Crippen LogP contribution in [0.2, 0.25) is 0 Å². The molecule has 1 aromatic carbocycles. The molecule has 2 rings (SSSR count). The zero-order valence-corrected chi connectivity index (χ0v) is 15.5. The molecule has 0 radical (unpaired) electrons. The largest absolute Gasteiger partial charge is 1.00 e. The van der Waals surface area contributed by atoms with Gasteiger partial charge in [-0.05, 0) is 25.0 Å². The molecule has 0 spiro atoms. The molecule has 2 N–H and O–H groups in total. The molecule has 7 heteroatoms. The van der Waals surface area contributed by atoms with Crippen LogP contribution in [0.15, 0.2) is 27.4 Å². The summed E-state index contributed by atoms with van der Waals surface area (Å²) in [6.45, 7) is 3.57. The van der Waals surface area contributed by atoms with E-state index in [0.717, 1.165) is 18.1 Å². The molecule has 1 heterocycles. The number of aliphatic hydroxyl groups is 1. The van der Waals surface area contributed by atoms with Crippen molar-refractivity contribution in [3.63, 3.8) is 0 Å². The molecule has 2 aromatic rings. The predicted molar refractivity (Wildman–Crippen MR) is 80.6 cm³/mol. The van der Waals surface area contributed by atoms with Crippen LogP contribution in [-0.2, 0) is 6.42 Å². The van der Waals surface area contributed by atoms with Crippen molar-refractivity contribution < 1.29 is 53.7 Å². The fourth-order valence-corrected chi connectivity index (χ4v) is 2.19. The Kier molecular flexibility index (Phi) is 7.28. The van der Waals surface area contributed by atoms with Crippen LogP contribution in [0.25, 0.3) is 11.0 Å². The summed E-state index contributed by atoms with van der Waals surface area (Å²) in [4.78, 5) is 23.3. The first-order valence-corrected chi connectivity index (χ1v) is 7.08. The summed E-state index contributed by atoms with van der Waals surface area (Å²) in [6.07, 6.45) is 0.791. The van der Waals surface area contributed by atoms with Crippen molar-refractivity contribution in [3.05, 3.63) is 39.7 Å². The minimum absolute atomic E-state index is 0. The third-order valence-corrected chi connectivity index (χ3v) is 3.13. The maximum atomic E-state index is 12.3. The van der Waals surface area contributed by atoms with Crippen LogP contribution < -0.4 is 39.7 Å². The van der Waals surface area contributed by atoms with Gasteiger partial charge in [0.05, 0.1) is 6.10 Å². The maximum Gasteiger partial charge on any atom is 1.00 e. The Morgan fingerprint density at radius 3 is 2.65 bits per heavy atom. The van der Waals surface area contributed by atoms with Gasteiger partial charge in [-0.1, -0.05) is 19.4 Å². The number of benzene rings is 1. The number of aliphatic hydroxyl groups excluding tert-OH is 1. The van der Waals surface area contributed by atoms with Gasteiger partial charge in [0, 0.05) is 6.07 Å². The summed E-state index contributed by atoms with van der Waals surface area (Å²) in [5, 5.41) is 18.5. The number of aryl methyl sites for hydroxylation is 1. The predicted octanol–water partition coefficient (Wildman–Crippen LogP) is -0.793. The Hall–Kier alpha value is -1.34. The minimum Gasteiger partial charge on any atom is -0.490 e. The Bertz CT molecular complexity index is 750. The molecule has 1 unspecified atom stereocenters. The van der Waals surface area contributed by atoms with Gasteiger partial charge in [-0.25, -0.2) is 4.79 Å². The molecule has 0 amide bonds. The van der Waals surface area contributed by atoms with Crippen LogP contribution in [0.4, 0.5) is 0 Å². The van der Waals surface area contributed by atoms with Crippen molar-refractivity contribution in [2.24, 2.45) is 0 Å². The molecule has 1 aromatic heterocycles. The van der Waals surface area contributed by atoms with Crippen LogP contribution in [0, 0.1) is 0 Å². The first-order valence-electron chi connectivity index (χ1n) is 7.08. The van der Waals surface area contributed by atoms with E-state index in [1.807, 2.05) is 6.92 Å². The fourth-order valence-electron chi connectivity index (χ4n) is 2.19. The summed E-state index contributed by atoms with van der Waals surface area (Å²) in [6, 6.07) is 4.33. The van der Waals surface area contributed by atoms with E-state index in [1.165, 1.54) is 0 Å². The van der Waals surface area contributed by atoms with Gasteiger partial charge < -0.3 is 19.4 Å². The summed E-state index contributed by atoms with van der Waals surface area (Å²) in [5.74, 6) is -1.42. The van der Waals surface area contributed by atoms with Crippen LogP contribution >= 0.6 is 0 Å². The molecule has 0 saturated heterocycles. The summed E-state index contributed by atoms with van der Waals surface area (Å²) >= 11 is 0. The second-order valence-corrected chi connectivity index (χ2v) is 5.12. The first-order chi connectivity index (χ1) is 10.4. The van der Waals surface area contributed by atoms with Gasteiger partial charge in [0.1, 0.15) is 23.3 Å². The first kappa shape index (κ1) is 19.7. The van der Waals surface area contributed by atoms with E-state index in [1.54, 1.807) is 19.1 Å². The van der Waals surface area contributed by atoms with Gasteiger partial charge in [-0.3, -0.25) is 4.79 Å². The second-order valence-electron chi connectivity index (χ2n) is 5.12. The average Bonchev–Trinajstić information content (AvgIpc) is 2.46. The van der Waals surface area contributed by atoms with Gasteiger partial charge in [0.25, 0.3) is 0 Å². The molecule has 0 aliphatic heterocycles. The molecule has 0 aliphatic rings. The number of fused-ring (bicyclic) bond motifs is 1. The molecular formula is C16H18NaO6+. The zero-order chi connectivity index (χ0) is 16.3. The number of ether oxygens (including phenoxy) is 1. The van der Waals surface area contributed by atoms with Gasteiger partial charge in [0.15, 0.2) is 5.43 Å². The quantitative estimate of drug-likeness (QED) is 0.674. The van der Waals surface area contributed by atoms with Crippen molar-refractivity contribution in [1.29, 1.82) is 0 Å². The number of carbonyl (C=O) groups is 1. The molecule has 0 aliphatic carbocycles. The van der Waals surface area contributed by atoms with Crippen molar-refractivity contribution >= 4 is 16.9 Å². The molecular weight excluding hydrogens is 311 g/mol. The fraction of sp³-hybridized carbons (Fsp3) is 0.375. The van der Waals surface area contributed by atoms with E-state index in [9.17, 15) is 14.7 Å². The number of carboxylic acids is 1. The zero-order valence-electron chi connectivity index (χ0n) is 13.5. The second kappa shape index (κ2) is 8.49. The third-order valence-electron chi connectivity index (χ3n) is 3.13. The molecule has 23 heavy (non-hydrogen) atoms. The Labute approximate surface area is 155 Å². The van der Waals surface area contributed by atoms with Crippen molar-refractivity contribution in [2.75, 3.05) is 6.61 Å².